The molecule has 20 heavy (non-hydrogen) atoms. The summed E-state index contributed by atoms with van der Waals surface area (Å²) in [5.74, 6) is 0. The number of rotatable bonds is 5. The van der Waals surface area contributed by atoms with Gasteiger partial charge in [-0.2, -0.15) is 0 Å². The Labute approximate surface area is 126 Å². The van der Waals surface area contributed by atoms with Crippen LogP contribution in [0, 0.1) is 0 Å². The first-order valence-electron chi connectivity index (χ1n) is 7.13. The number of benzene rings is 2. The van der Waals surface area contributed by atoms with Crippen LogP contribution in [0.15, 0.2) is 54.6 Å². The molecule has 106 valence electrons. The lowest BCUT2D eigenvalue weighted by Gasteiger charge is -2.37. The minimum absolute atomic E-state index is 0.255. The van der Waals surface area contributed by atoms with Crippen LogP contribution in [0.2, 0.25) is 5.02 Å². The fraction of sp³-hybridized carbons (Fsp3) is 0.333. The smallest absolute Gasteiger partial charge is 0.0886 e. The summed E-state index contributed by atoms with van der Waals surface area (Å²) < 4.78 is 0. The molecule has 0 radical (unpaired) electrons. The first-order valence-corrected chi connectivity index (χ1v) is 7.51. The van der Waals surface area contributed by atoms with Gasteiger partial charge in [-0.1, -0.05) is 67.9 Å². The molecule has 1 atom stereocenters. The third-order valence-electron chi connectivity index (χ3n) is 4.32. The fourth-order valence-electron chi connectivity index (χ4n) is 2.94. The SMILES string of the molecule is CCC(CC)(c1ccccc1)C(O)c1ccc(Cl)cc1. The predicted octanol–water partition coefficient (Wildman–Crippen LogP) is 5.13. The Bertz CT molecular complexity index is 529. The first-order chi connectivity index (χ1) is 9.64. The van der Waals surface area contributed by atoms with Crippen LogP contribution in [-0.4, -0.2) is 5.11 Å². The van der Waals surface area contributed by atoms with E-state index in [-0.39, 0.29) is 5.41 Å². The summed E-state index contributed by atoms with van der Waals surface area (Å²) >= 11 is 5.93. The topological polar surface area (TPSA) is 20.2 Å². The highest BCUT2D eigenvalue weighted by Gasteiger charge is 2.37. The van der Waals surface area contributed by atoms with Gasteiger partial charge in [-0.15, -0.1) is 0 Å². The Balaban J connectivity index is 2.45. The quantitative estimate of drug-likeness (QED) is 0.808. The van der Waals surface area contributed by atoms with Crippen molar-refractivity contribution in [1.82, 2.24) is 0 Å². The average Bonchev–Trinajstić information content (AvgIpc) is 2.51. The van der Waals surface area contributed by atoms with Crippen LogP contribution < -0.4 is 0 Å². The van der Waals surface area contributed by atoms with Crippen LogP contribution in [0.3, 0.4) is 0 Å². The summed E-state index contributed by atoms with van der Waals surface area (Å²) in [6.45, 7) is 4.27. The average molecular weight is 289 g/mol. The third-order valence-corrected chi connectivity index (χ3v) is 4.57. The van der Waals surface area contributed by atoms with Gasteiger partial charge in [0.05, 0.1) is 6.10 Å². The molecule has 0 aliphatic carbocycles. The van der Waals surface area contributed by atoms with Gasteiger partial charge in [-0.25, -0.2) is 0 Å². The van der Waals surface area contributed by atoms with E-state index >= 15 is 0 Å². The van der Waals surface area contributed by atoms with Crippen LogP contribution in [0.25, 0.3) is 0 Å². The lowest BCUT2D eigenvalue weighted by atomic mass is 9.69. The molecule has 1 nitrogen and oxygen atoms in total. The maximum Gasteiger partial charge on any atom is 0.0886 e. The standard InChI is InChI=1S/C18H21ClO/c1-3-18(4-2,15-8-6-5-7-9-15)17(20)14-10-12-16(19)13-11-14/h5-13,17,20H,3-4H2,1-2H3. The maximum absolute atomic E-state index is 10.9. The minimum Gasteiger partial charge on any atom is -0.387 e. The van der Waals surface area contributed by atoms with Crippen molar-refractivity contribution in [1.29, 1.82) is 0 Å². The molecule has 0 aliphatic heterocycles. The summed E-state index contributed by atoms with van der Waals surface area (Å²) in [4.78, 5) is 0. The molecular formula is C18H21ClO. The van der Waals surface area contributed by atoms with Crippen molar-refractivity contribution in [2.75, 3.05) is 0 Å². The molecule has 0 aliphatic rings. The van der Waals surface area contributed by atoms with E-state index < -0.39 is 6.10 Å². The summed E-state index contributed by atoms with van der Waals surface area (Å²) in [5.41, 5.74) is 1.85. The van der Waals surface area contributed by atoms with E-state index in [2.05, 4.69) is 26.0 Å². The molecule has 1 unspecified atom stereocenters. The van der Waals surface area contributed by atoms with Gasteiger partial charge in [0.15, 0.2) is 0 Å². The molecule has 0 amide bonds. The molecule has 0 bridgehead atoms. The summed E-state index contributed by atoms with van der Waals surface area (Å²) in [6, 6.07) is 17.8. The van der Waals surface area contributed by atoms with Crippen LogP contribution in [0.5, 0.6) is 0 Å². The van der Waals surface area contributed by atoms with Gasteiger partial charge in [-0.3, -0.25) is 0 Å². The van der Waals surface area contributed by atoms with E-state index in [0.29, 0.717) is 5.02 Å². The highest BCUT2D eigenvalue weighted by atomic mass is 35.5. The number of aliphatic hydroxyl groups is 1. The van der Waals surface area contributed by atoms with E-state index in [4.69, 9.17) is 11.6 Å². The third kappa shape index (κ3) is 2.74. The van der Waals surface area contributed by atoms with Crippen LogP contribution in [0.1, 0.15) is 43.9 Å². The van der Waals surface area contributed by atoms with E-state index in [9.17, 15) is 5.11 Å². The van der Waals surface area contributed by atoms with Gasteiger partial charge in [0.25, 0.3) is 0 Å². The zero-order valence-electron chi connectivity index (χ0n) is 12.0. The molecular weight excluding hydrogens is 268 g/mol. The molecule has 2 heteroatoms. The number of hydrogen-bond donors (Lipinski definition) is 1. The lowest BCUT2D eigenvalue weighted by molar-refractivity contribution is 0.0727. The van der Waals surface area contributed by atoms with Crippen molar-refractivity contribution in [2.24, 2.45) is 0 Å². The fourth-order valence-corrected chi connectivity index (χ4v) is 3.06. The molecule has 0 saturated heterocycles. The largest absolute Gasteiger partial charge is 0.387 e. The molecule has 0 heterocycles. The van der Waals surface area contributed by atoms with Gasteiger partial charge in [0.1, 0.15) is 0 Å². The van der Waals surface area contributed by atoms with Gasteiger partial charge >= 0.3 is 0 Å². The van der Waals surface area contributed by atoms with Crippen molar-refractivity contribution in [2.45, 2.75) is 38.2 Å². The zero-order valence-corrected chi connectivity index (χ0v) is 12.8. The number of aliphatic hydroxyl groups excluding tert-OH is 1. The van der Waals surface area contributed by atoms with E-state index in [1.165, 1.54) is 5.56 Å². The van der Waals surface area contributed by atoms with E-state index in [0.717, 1.165) is 18.4 Å². The second-order valence-electron chi connectivity index (χ2n) is 5.18. The van der Waals surface area contributed by atoms with Crippen LogP contribution in [0.4, 0.5) is 0 Å². The van der Waals surface area contributed by atoms with E-state index in [1.807, 2.05) is 42.5 Å². The summed E-state index contributed by atoms with van der Waals surface area (Å²) in [7, 11) is 0. The first kappa shape index (κ1) is 15.1. The van der Waals surface area contributed by atoms with Crippen LogP contribution >= 0.6 is 11.6 Å². The zero-order chi connectivity index (χ0) is 14.6. The monoisotopic (exact) mass is 288 g/mol. The summed E-state index contributed by atoms with van der Waals surface area (Å²) in [5, 5.41) is 11.6. The van der Waals surface area contributed by atoms with Gasteiger partial charge < -0.3 is 5.11 Å². The molecule has 0 aromatic heterocycles. The van der Waals surface area contributed by atoms with Gasteiger partial charge in [0.2, 0.25) is 0 Å². The Morgan fingerprint density at radius 3 is 2.00 bits per heavy atom. The molecule has 0 fully saturated rings. The highest BCUT2D eigenvalue weighted by Crippen LogP contribution is 2.43. The predicted molar refractivity (Wildman–Crippen MR) is 85.1 cm³/mol. The van der Waals surface area contributed by atoms with Crippen LogP contribution in [-0.2, 0) is 5.41 Å². The second kappa shape index (κ2) is 6.43. The molecule has 2 aromatic carbocycles. The second-order valence-corrected chi connectivity index (χ2v) is 5.62. The van der Waals surface area contributed by atoms with Crippen molar-refractivity contribution in [3.05, 3.63) is 70.7 Å². The lowest BCUT2D eigenvalue weighted by Crippen LogP contribution is -2.32. The van der Waals surface area contributed by atoms with Crippen molar-refractivity contribution in [3.63, 3.8) is 0 Å². The van der Waals surface area contributed by atoms with E-state index in [1.54, 1.807) is 0 Å². The Kier molecular flexibility index (Phi) is 4.85. The number of hydrogen-bond acceptors (Lipinski definition) is 1. The van der Waals surface area contributed by atoms with Gasteiger partial charge in [-0.05, 0) is 36.1 Å². The Hall–Kier alpha value is -1.31. The highest BCUT2D eigenvalue weighted by molar-refractivity contribution is 6.30. The van der Waals surface area contributed by atoms with Gasteiger partial charge in [0, 0.05) is 10.4 Å². The van der Waals surface area contributed by atoms with Crippen molar-refractivity contribution in [3.8, 4) is 0 Å². The normalized spacial score (nSPS) is 13.2. The Morgan fingerprint density at radius 1 is 0.950 bits per heavy atom. The Morgan fingerprint density at radius 2 is 1.50 bits per heavy atom. The molecule has 0 spiro atoms. The molecule has 0 saturated carbocycles. The van der Waals surface area contributed by atoms with Crippen molar-refractivity contribution < 1.29 is 5.11 Å². The molecule has 2 rings (SSSR count). The maximum atomic E-state index is 10.9. The molecule has 1 N–H and O–H groups in total. The minimum atomic E-state index is -0.530. The summed E-state index contributed by atoms with van der Waals surface area (Å²) in [6.07, 6.45) is 1.24. The number of halogens is 1. The van der Waals surface area contributed by atoms with Crippen molar-refractivity contribution >= 4 is 11.6 Å². The molecule has 2 aromatic rings.